The van der Waals surface area contributed by atoms with E-state index in [0.717, 1.165) is 5.39 Å². The van der Waals surface area contributed by atoms with Crippen LogP contribution in [-0.4, -0.2) is 30.1 Å². The third kappa shape index (κ3) is 2.13. The maximum atomic E-state index is 11.5. The highest BCUT2D eigenvalue weighted by Gasteiger charge is 2.11. The average Bonchev–Trinajstić information content (AvgIpc) is 2.33. The molecule has 1 aromatic heterocycles. The number of aromatic nitrogens is 1. The van der Waals surface area contributed by atoms with Crippen LogP contribution in [0.2, 0.25) is 0 Å². The monoisotopic (exact) mass is 231 g/mol. The fourth-order valence-corrected chi connectivity index (χ4v) is 1.44. The number of rotatable bonds is 1. The van der Waals surface area contributed by atoms with Crippen LogP contribution in [0.15, 0.2) is 30.5 Å². The van der Waals surface area contributed by atoms with Crippen molar-refractivity contribution in [3.63, 3.8) is 0 Å². The lowest BCUT2D eigenvalue weighted by molar-refractivity contribution is 0.172. The number of nitrogen functional groups attached to an aromatic ring is 1. The molecular formula is C12H13N3O2. The Morgan fingerprint density at radius 2 is 2.12 bits per heavy atom. The first-order valence-electron chi connectivity index (χ1n) is 5.12. The van der Waals surface area contributed by atoms with E-state index in [1.807, 2.05) is 6.07 Å². The van der Waals surface area contributed by atoms with E-state index in [9.17, 15) is 4.79 Å². The Labute approximate surface area is 98.8 Å². The minimum absolute atomic E-state index is 0.431. The van der Waals surface area contributed by atoms with Crippen LogP contribution in [0.25, 0.3) is 10.9 Å². The first-order chi connectivity index (χ1) is 8.09. The topological polar surface area (TPSA) is 68.5 Å². The third-order valence-electron chi connectivity index (χ3n) is 2.32. The molecule has 0 atom stereocenters. The zero-order chi connectivity index (χ0) is 12.4. The van der Waals surface area contributed by atoms with Gasteiger partial charge in [0.25, 0.3) is 0 Å². The number of hydrogen-bond acceptors (Lipinski definition) is 4. The van der Waals surface area contributed by atoms with E-state index in [4.69, 9.17) is 10.5 Å². The van der Waals surface area contributed by atoms with Crippen molar-refractivity contribution in [1.29, 1.82) is 0 Å². The predicted octanol–water partition coefficient (Wildman–Crippen LogP) is 1.88. The van der Waals surface area contributed by atoms with Gasteiger partial charge < -0.3 is 15.4 Å². The molecular weight excluding hydrogens is 218 g/mol. The number of amides is 1. The van der Waals surface area contributed by atoms with E-state index in [1.165, 1.54) is 4.90 Å². The van der Waals surface area contributed by atoms with Crippen LogP contribution >= 0.6 is 0 Å². The van der Waals surface area contributed by atoms with E-state index in [2.05, 4.69) is 4.98 Å². The van der Waals surface area contributed by atoms with E-state index < -0.39 is 6.09 Å². The molecule has 0 aliphatic heterocycles. The fourth-order valence-electron chi connectivity index (χ4n) is 1.44. The van der Waals surface area contributed by atoms with Gasteiger partial charge in [-0.2, -0.15) is 0 Å². The Balaban J connectivity index is 2.48. The SMILES string of the molecule is CN(C)C(=O)Oc1ccc(N)c2ncccc12. The Kier molecular flexibility index (Phi) is 2.82. The van der Waals surface area contributed by atoms with Gasteiger partial charge in [-0.15, -0.1) is 0 Å². The number of nitrogens with zero attached hydrogens (tertiary/aromatic N) is 2. The van der Waals surface area contributed by atoms with Gasteiger partial charge in [-0.05, 0) is 24.3 Å². The Hall–Kier alpha value is -2.30. The highest BCUT2D eigenvalue weighted by Crippen LogP contribution is 2.28. The van der Waals surface area contributed by atoms with Crippen molar-refractivity contribution in [3.8, 4) is 5.75 Å². The van der Waals surface area contributed by atoms with Gasteiger partial charge in [0.15, 0.2) is 0 Å². The first-order valence-corrected chi connectivity index (χ1v) is 5.12. The molecule has 88 valence electrons. The highest BCUT2D eigenvalue weighted by molar-refractivity contribution is 5.95. The minimum atomic E-state index is -0.431. The highest BCUT2D eigenvalue weighted by atomic mass is 16.6. The standard InChI is InChI=1S/C12H13N3O2/c1-15(2)12(16)17-10-6-5-9(13)11-8(10)4-3-7-14-11/h3-7H,13H2,1-2H3. The molecule has 1 heterocycles. The van der Waals surface area contributed by atoms with Crippen LogP contribution in [0, 0.1) is 0 Å². The molecule has 5 heteroatoms. The lowest BCUT2D eigenvalue weighted by Gasteiger charge is -2.12. The minimum Gasteiger partial charge on any atom is -0.409 e. The fraction of sp³-hybridized carbons (Fsp3) is 0.167. The van der Waals surface area contributed by atoms with Crippen LogP contribution in [0.1, 0.15) is 0 Å². The number of carbonyl (C=O) groups excluding carboxylic acids is 1. The van der Waals surface area contributed by atoms with Crippen molar-refractivity contribution in [3.05, 3.63) is 30.5 Å². The largest absolute Gasteiger partial charge is 0.414 e. The second-order valence-corrected chi connectivity index (χ2v) is 3.81. The number of fused-ring (bicyclic) bond motifs is 1. The zero-order valence-electron chi connectivity index (χ0n) is 9.68. The van der Waals surface area contributed by atoms with Crippen molar-refractivity contribution >= 4 is 22.7 Å². The maximum absolute atomic E-state index is 11.5. The first kappa shape index (κ1) is 11.2. The maximum Gasteiger partial charge on any atom is 0.414 e. The van der Waals surface area contributed by atoms with Crippen molar-refractivity contribution < 1.29 is 9.53 Å². The Morgan fingerprint density at radius 1 is 1.35 bits per heavy atom. The van der Waals surface area contributed by atoms with E-state index in [0.29, 0.717) is 17.0 Å². The van der Waals surface area contributed by atoms with Crippen LogP contribution in [0.5, 0.6) is 5.75 Å². The summed E-state index contributed by atoms with van der Waals surface area (Å²) in [5.41, 5.74) is 7.00. The summed E-state index contributed by atoms with van der Waals surface area (Å²) < 4.78 is 5.24. The number of nitrogens with two attached hydrogens (primary N) is 1. The molecule has 2 aromatic rings. The summed E-state index contributed by atoms with van der Waals surface area (Å²) in [4.78, 5) is 17.0. The Bertz CT molecular complexity index is 567. The molecule has 5 nitrogen and oxygen atoms in total. The van der Waals surface area contributed by atoms with Crippen LogP contribution in [0.3, 0.4) is 0 Å². The van der Waals surface area contributed by atoms with Crippen molar-refractivity contribution in [2.45, 2.75) is 0 Å². The smallest absolute Gasteiger partial charge is 0.409 e. The summed E-state index contributed by atoms with van der Waals surface area (Å²) in [6.45, 7) is 0. The molecule has 1 aromatic carbocycles. The van der Waals surface area contributed by atoms with Gasteiger partial charge in [-0.25, -0.2) is 4.79 Å². The number of hydrogen-bond donors (Lipinski definition) is 1. The molecule has 0 saturated carbocycles. The summed E-state index contributed by atoms with van der Waals surface area (Å²) in [5.74, 6) is 0.459. The van der Waals surface area contributed by atoms with Gasteiger partial charge in [0.05, 0.1) is 11.2 Å². The molecule has 2 N–H and O–H groups in total. The number of pyridine rings is 1. The summed E-state index contributed by atoms with van der Waals surface area (Å²) >= 11 is 0. The van der Waals surface area contributed by atoms with Crippen molar-refractivity contribution in [1.82, 2.24) is 9.88 Å². The molecule has 2 rings (SSSR count). The third-order valence-corrected chi connectivity index (χ3v) is 2.32. The summed E-state index contributed by atoms with van der Waals surface area (Å²) in [6, 6.07) is 6.93. The van der Waals surface area contributed by atoms with Gasteiger partial charge in [0, 0.05) is 25.7 Å². The molecule has 0 aliphatic carbocycles. The molecule has 0 saturated heterocycles. The van der Waals surface area contributed by atoms with E-state index >= 15 is 0 Å². The van der Waals surface area contributed by atoms with E-state index in [1.54, 1.807) is 38.5 Å². The van der Waals surface area contributed by atoms with Gasteiger partial charge in [-0.1, -0.05) is 0 Å². The number of benzene rings is 1. The lowest BCUT2D eigenvalue weighted by Crippen LogP contribution is -2.25. The number of ether oxygens (including phenoxy) is 1. The average molecular weight is 231 g/mol. The normalized spacial score (nSPS) is 10.2. The van der Waals surface area contributed by atoms with Crippen molar-refractivity contribution in [2.24, 2.45) is 0 Å². The van der Waals surface area contributed by atoms with Gasteiger partial charge in [0.2, 0.25) is 0 Å². The molecule has 1 amide bonds. The van der Waals surface area contributed by atoms with Crippen LogP contribution in [-0.2, 0) is 0 Å². The molecule has 0 spiro atoms. The second-order valence-electron chi connectivity index (χ2n) is 3.81. The molecule has 0 aliphatic rings. The zero-order valence-corrected chi connectivity index (χ0v) is 9.68. The summed E-state index contributed by atoms with van der Waals surface area (Å²) in [6.07, 6.45) is 1.22. The second kappa shape index (κ2) is 4.29. The number of carbonyl (C=O) groups is 1. The molecule has 0 radical (unpaired) electrons. The van der Waals surface area contributed by atoms with E-state index in [-0.39, 0.29) is 0 Å². The number of anilines is 1. The quantitative estimate of drug-likeness (QED) is 0.761. The Morgan fingerprint density at radius 3 is 2.82 bits per heavy atom. The molecule has 0 unspecified atom stereocenters. The molecule has 0 fully saturated rings. The molecule has 0 bridgehead atoms. The van der Waals surface area contributed by atoms with Crippen LogP contribution < -0.4 is 10.5 Å². The van der Waals surface area contributed by atoms with Crippen LogP contribution in [0.4, 0.5) is 10.5 Å². The van der Waals surface area contributed by atoms with Gasteiger partial charge >= 0.3 is 6.09 Å². The van der Waals surface area contributed by atoms with Gasteiger partial charge in [0.1, 0.15) is 5.75 Å². The summed E-state index contributed by atoms with van der Waals surface area (Å²) in [5, 5.41) is 0.725. The van der Waals surface area contributed by atoms with Crippen molar-refractivity contribution in [2.75, 3.05) is 19.8 Å². The van der Waals surface area contributed by atoms with Gasteiger partial charge in [-0.3, -0.25) is 4.98 Å². The lowest BCUT2D eigenvalue weighted by atomic mass is 10.2. The molecule has 17 heavy (non-hydrogen) atoms. The predicted molar refractivity (Wildman–Crippen MR) is 65.9 cm³/mol. The summed E-state index contributed by atoms with van der Waals surface area (Å²) in [7, 11) is 3.25.